The third-order valence-corrected chi connectivity index (χ3v) is 4.02. The molecule has 122 valence electrons. The highest BCUT2D eigenvalue weighted by Crippen LogP contribution is 2.29. The van der Waals surface area contributed by atoms with E-state index in [-0.39, 0.29) is 5.82 Å². The highest BCUT2D eigenvalue weighted by Gasteiger charge is 2.09. The van der Waals surface area contributed by atoms with Crippen molar-refractivity contribution < 1.29 is 4.39 Å². The lowest BCUT2D eigenvalue weighted by molar-refractivity contribution is 0.628. The summed E-state index contributed by atoms with van der Waals surface area (Å²) in [6.07, 6.45) is 3.50. The van der Waals surface area contributed by atoms with Crippen molar-refractivity contribution in [3.05, 3.63) is 72.8 Å². The second-order valence-corrected chi connectivity index (χ2v) is 5.89. The number of halogens is 1. The molecule has 25 heavy (non-hydrogen) atoms. The molecule has 0 saturated carbocycles. The summed E-state index contributed by atoms with van der Waals surface area (Å²) in [5.74, 6) is -0.288. The standard InChI is InChI=1S/C19H13FN4S/c20-13-5-7-14(8-6-13)23-19(25)24-16-11-12-3-1-9-21-17(12)18-15(16)4-2-10-22-18/h1-11H,(H2,23,24,25). The van der Waals surface area contributed by atoms with Crippen LogP contribution in [0.1, 0.15) is 0 Å². The van der Waals surface area contributed by atoms with Crippen LogP contribution >= 0.6 is 12.2 Å². The Morgan fingerprint density at radius 1 is 0.880 bits per heavy atom. The van der Waals surface area contributed by atoms with Gasteiger partial charge in [-0.3, -0.25) is 9.97 Å². The number of pyridine rings is 2. The normalized spacial score (nSPS) is 10.8. The van der Waals surface area contributed by atoms with Crippen molar-refractivity contribution in [2.75, 3.05) is 10.6 Å². The van der Waals surface area contributed by atoms with E-state index in [1.165, 1.54) is 12.1 Å². The van der Waals surface area contributed by atoms with Crippen LogP contribution in [0.3, 0.4) is 0 Å². The second kappa shape index (κ2) is 6.41. The topological polar surface area (TPSA) is 49.8 Å². The zero-order valence-corrected chi connectivity index (χ0v) is 13.8. The molecule has 4 rings (SSSR count). The molecule has 6 heteroatoms. The minimum absolute atomic E-state index is 0.288. The molecule has 0 saturated heterocycles. The van der Waals surface area contributed by atoms with E-state index >= 15 is 0 Å². The lowest BCUT2D eigenvalue weighted by atomic mass is 10.1. The van der Waals surface area contributed by atoms with Crippen molar-refractivity contribution in [1.82, 2.24) is 9.97 Å². The van der Waals surface area contributed by atoms with E-state index in [1.807, 2.05) is 30.3 Å². The Kier molecular flexibility index (Phi) is 3.95. The highest BCUT2D eigenvalue weighted by atomic mass is 32.1. The lowest BCUT2D eigenvalue weighted by Gasteiger charge is -2.13. The minimum Gasteiger partial charge on any atom is -0.332 e. The van der Waals surface area contributed by atoms with E-state index in [0.29, 0.717) is 10.8 Å². The summed E-state index contributed by atoms with van der Waals surface area (Å²) in [6, 6.07) is 15.7. The SMILES string of the molecule is Fc1ccc(NC(=S)Nc2cc3cccnc3c3ncccc23)cc1. The average Bonchev–Trinajstić information content (AvgIpc) is 2.64. The molecule has 0 spiro atoms. The summed E-state index contributed by atoms with van der Waals surface area (Å²) < 4.78 is 13.0. The molecule has 0 aliphatic carbocycles. The zero-order chi connectivity index (χ0) is 17.2. The summed E-state index contributed by atoms with van der Waals surface area (Å²) in [5, 5.41) is 8.56. The molecule has 0 fully saturated rings. The Labute approximate surface area is 148 Å². The number of fused-ring (bicyclic) bond motifs is 3. The maximum Gasteiger partial charge on any atom is 0.175 e. The van der Waals surface area contributed by atoms with Crippen LogP contribution < -0.4 is 10.6 Å². The van der Waals surface area contributed by atoms with Gasteiger partial charge in [-0.2, -0.15) is 0 Å². The van der Waals surface area contributed by atoms with Crippen LogP contribution in [0.2, 0.25) is 0 Å². The van der Waals surface area contributed by atoms with Crippen LogP contribution in [0, 0.1) is 5.82 Å². The van der Waals surface area contributed by atoms with E-state index in [9.17, 15) is 4.39 Å². The molecule has 0 aliphatic rings. The van der Waals surface area contributed by atoms with Gasteiger partial charge in [-0.25, -0.2) is 4.39 Å². The van der Waals surface area contributed by atoms with E-state index in [1.54, 1.807) is 24.5 Å². The first-order valence-corrected chi connectivity index (χ1v) is 8.07. The van der Waals surface area contributed by atoms with Crippen molar-refractivity contribution in [3.63, 3.8) is 0 Å². The molecule has 2 aromatic heterocycles. The quantitative estimate of drug-likeness (QED) is 0.405. The first-order valence-electron chi connectivity index (χ1n) is 7.67. The maximum atomic E-state index is 13.0. The van der Waals surface area contributed by atoms with Gasteiger partial charge in [0.05, 0.1) is 16.7 Å². The van der Waals surface area contributed by atoms with Crippen LogP contribution in [0.25, 0.3) is 21.8 Å². The molecule has 2 N–H and O–H groups in total. The number of nitrogens with zero attached hydrogens (tertiary/aromatic N) is 2. The van der Waals surface area contributed by atoms with Crippen molar-refractivity contribution in [3.8, 4) is 0 Å². The fourth-order valence-corrected chi connectivity index (χ4v) is 2.93. The van der Waals surface area contributed by atoms with Crippen molar-refractivity contribution in [2.45, 2.75) is 0 Å². The molecule has 4 nitrogen and oxygen atoms in total. The second-order valence-electron chi connectivity index (χ2n) is 5.48. The number of hydrogen-bond acceptors (Lipinski definition) is 3. The molecule has 2 aromatic carbocycles. The number of thiocarbonyl (C=S) groups is 1. The number of rotatable bonds is 2. The van der Waals surface area contributed by atoms with E-state index < -0.39 is 0 Å². The molecule has 0 amide bonds. The third-order valence-electron chi connectivity index (χ3n) is 3.81. The van der Waals surface area contributed by atoms with Crippen LogP contribution in [0.15, 0.2) is 67.0 Å². The van der Waals surface area contributed by atoms with Gasteiger partial charge in [-0.15, -0.1) is 0 Å². The monoisotopic (exact) mass is 348 g/mol. The van der Waals surface area contributed by atoms with Crippen LogP contribution in [-0.4, -0.2) is 15.1 Å². The lowest BCUT2D eigenvalue weighted by Crippen LogP contribution is -2.19. The molecular weight excluding hydrogens is 335 g/mol. The number of benzene rings is 2. The Balaban J connectivity index is 1.70. The summed E-state index contributed by atoms with van der Waals surface area (Å²) in [4.78, 5) is 8.89. The van der Waals surface area contributed by atoms with Crippen LogP contribution in [-0.2, 0) is 0 Å². The fourth-order valence-electron chi connectivity index (χ4n) is 2.70. The maximum absolute atomic E-state index is 13.0. The Morgan fingerprint density at radius 3 is 2.40 bits per heavy atom. The number of anilines is 2. The minimum atomic E-state index is -0.288. The molecule has 0 bridgehead atoms. The Hall–Kier alpha value is -3.12. The van der Waals surface area contributed by atoms with Crippen molar-refractivity contribution in [2.24, 2.45) is 0 Å². The summed E-state index contributed by atoms with van der Waals surface area (Å²) in [7, 11) is 0. The third kappa shape index (κ3) is 3.12. The van der Waals surface area contributed by atoms with Crippen molar-refractivity contribution in [1.29, 1.82) is 0 Å². The first kappa shape index (κ1) is 15.4. The molecular formula is C19H13FN4S. The number of hydrogen-bond donors (Lipinski definition) is 2. The van der Waals surface area contributed by atoms with Gasteiger partial charge in [0.15, 0.2) is 5.11 Å². The summed E-state index contributed by atoms with van der Waals surface area (Å²) in [6.45, 7) is 0. The molecule has 0 unspecified atom stereocenters. The summed E-state index contributed by atoms with van der Waals surface area (Å²) in [5.41, 5.74) is 3.21. The molecule has 0 aliphatic heterocycles. The van der Waals surface area contributed by atoms with E-state index in [2.05, 4.69) is 20.6 Å². The van der Waals surface area contributed by atoms with Crippen molar-refractivity contribution >= 4 is 50.5 Å². The van der Waals surface area contributed by atoms with Gasteiger partial charge in [0.25, 0.3) is 0 Å². The van der Waals surface area contributed by atoms with Crippen LogP contribution in [0.5, 0.6) is 0 Å². The molecule has 4 aromatic rings. The number of nitrogens with one attached hydrogen (secondary N) is 2. The first-order chi connectivity index (χ1) is 12.2. The smallest absolute Gasteiger partial charge is 0.175 e. The van der Waals surface area contributed by atoms with Gasteiger partial charge in [0.1, 0.15) is 5.82 Å². The molecule has 2 heterocycles. The van der Waals surface area contributed by atoms with Crippen LogP contribution in [0.4, 0.5) is 15.8 Å². The van der Waals surface area contributed by atoms with Gasteiger partial charge in [0.2, 0.25) is 0 Å². The average molecular weight is 348 g/mol. The highest BCUT2D eigenvalue weighted by molar-refractivity contribution is 7.80. The van der Waals surface area contributed by atoms with Gasteiger partial charge in [-0.1, -0.05) is 6.07 Å². The summed E-state index contributed by atoms with van der Waals surface area (Å²) >= 11 is 5.38. The number of aromatic nitrogens is 2. The van der Waals surface area contributed by atoms with E-state index in [0.717, 1.165) is 27.5 Å². The van der Waals surface area contributed by atoms with Gasteiger partial charge in [0, 0.05) is 28.9 Å². The molecule has 0 radical (unpaired) electrons. The largest absolute Gasteiger partial charge is 0.332 e. The van der Waals surface area contributed by atoms with Gasteiger partial charge < -0.3 is 10.6 Å². The molecule has 0 atom stereocenters. The fraction of sp³-hybridized carbons (Fsp3) is 0. The van der Waals surface area contributed by atoms with E-state index in [4.69, 9.17) is 12.2 Å². The Morgan fingerprint density at radius 2 is 1.60 bits per heavy atom. The zero-order valence-electron chi connectivity index (χ0n) is 13.0. The predicted molar refractivity (Wildman–Crippen MR) is 103 cm³/mol. The Bertz CT molecular complexity index is 1080. The van der Waals surface area contributed by atoms with Gasteiger partial charge in [-0.05, 0) is 60.7 Å². The predicted octanol–water partition coefficient (Wildman–Crippen LogP) is 4.73. The van der Waals surface area contributed by atoms with Gasteiger partial charge >= 0.3 is 0 Å².